The van der Waals surface area contributed by atoms with Crippen LogP contribution < -0.4 is 0 Å². The zero-order valence-corrected chi connectivity index (χ0v) is 15.0. The Kier molecular flexibility index (Phi) is 4.29. The first-order valence-corrected chi connectivity index (χ1v) is 8.85. The molecule has 2 aromatic heterocycles. The molecular weight excluding hydrogens is 323 g/mol. The quantitative estimate of drug-likeness (QED) is 0.482. The van der Waals surface area contributed by atoms with Gasteiger partial charge in [0.05, 0.1) is 11.2 Å². The fourth-order valence-electron chi connectivity index (χ4n) is 3.55. The van der Waals surface area contributed by atoms with E-state index < -0.39 is 0 Å². The van der Waals surface area contributed by atoms with E-state index in [1.807, 2.05) is 24.4 Å². The van der Waals surface area contributed by atoms with Gasteiger partial charge in [0, 0.05) is 30.2 Å². The first-order valence-electron chi connectivity index (χ1n) is 8.85. The van der Waals surface area contributed by atoms with Crippen molar-refractivity contribution in [3.8, 4) is 0 Å². The second kappa shape index (κ2) is 6.75. The van der Waals surface area contributed by atoms with Crippen LogP contribution in [0.4, 0.5) is 4.39 Å². The first kappa shape index (κ1) is 16.5. The van der Waals surface area contributed by atoms with Crippen molar-refractivity contribution in [3.63, 3.8) is 0 Å². The molecule has 130 valence electrons. The molecule has 2 nitrogen and oxygen atoms in total. The molecular formula is C23H21FN2. The Bertz CT molecular complexity index is 1050. The zero-order valence-electron chi connectivity index (χ0n) is 15.0. The predicted octanol–water partition coefficient (Wildman–Crippen LogP) is 5.43. The summed E-state index contributed by atoms with van der Waals surface area (Å²) in [4.78, 5) is 4.69. The lowest BCUT2D eigenvalue weighted by Gasteiger charge is -2.12. The maximum absolute atomic E-state index is 13.3. The van der Waals surface area contributed by atoms with E-state index in [9.17, 15) is 4.39 Å². The Morgan fingerprint density at radius 3 is 2.35 bits per heavy atom. The minimum Gasteiger partial charge on any atom is -0.339 e. The van der Waals surface area contributed by atoms with E-state index in [-0.39, 0.29) is 5.82 Å². The number of nitrogens with zero attached hydrogens (tertiary/aromatic N) is 2. The van der Waals surface area contributed by atoms with Gasteiger partial charge in [-0.05, 0) is 48.7 Å². The van der Waals surface area contributed by atoms with Crippen molar-refractivity contribution in [3.05, 3.63) is 101 Å². The molecule has 0 amide bonds. The number of aryl methyl sites for hydroxylation is 1. The summed E-state index contributed by atoms with van der Waals surface area (Å²) in [6, 6.07) is 19.2. The summed E-state index contributed by atoms with van der Waals surface area (Å²) in [5, 5.41) is 1.24. The monoisotopic (exact) mass is 344 g/mol. The number of benzene rings is 2. The summed E-state index contributed by atoms with van der Waals surface area (Å²) in [5.74, 6) is -0.203. The number of hydrogen-bond donors (Lipinski definition) is 0. The average molecular weight is 344 g/mol. The molecule has 0 atom stereocenters. The van der Waals surface area contributed by atoms with E-state index in [4.69, 9.17) is 4.98 Å². The van der Waals surface area contributed by atoms with Crippen LogP contribution in [0.15, 0.2) is 66.9 Å². The van der Waals surface area contributed by atoms with Gasteiger partial charge in [-0.1, -0.05) is 42.5 Å². The standard InChI is InChI=1S/C23H21FN2/c1-16-17(2)26(15-19-8-10-20(24)11-9-19)23-21(16)12-13-25-22(23)14-18-6-4-3-5-7-18/h3-13H,14-15H2,1-2H3. The Labute approximate surface area is 152 Å². The second-order valence-electron chi connectivity index (χ2n) is 6.74. The van der Waals surface area contributed by atoms with E-state index >= 15 is 0 Å². The zero-order chi connectivity index (χ0) is 18.1. The molecule has 0 unspecified atom stereocenters. The molecule has 0 fully saturated rings. The molecule has 4 aromatic rings. The van der Waals surface area contributed by atoms with Crippen molar-refractivity contribution in [2.75, 3.05) is 0 Å². The van der Waals surface area contributed by atoms with E-state index in [0.29, 0.717) is 6.54 Å². The molecule has 0 radical (unpaired) electrons. The fraction of sp³-hybridized carbons (Fsp3) is 0.174. The van der Waals surface area contributed by atoms with Crippen LogP contribution in [0.25, 0.3) is 10.9 Å². The van der Waals surface area contributed by atoms with Gasteiger partial charge in [0.25, 0.3) is 0 Å². The number of halogens is 1. The molecule has 2 heterocycles. The van der Waals surface area contributed by atoms with Gasteiger partial charge in [0.1, 0.15) is 5.82 Å². The summed E-state index contributed by atoms with van der Waals surface area (Å²) in [6.45, 7) is 5.01. The van der Waals surface area contributed by atoms with Crippen LogP contribution in [-0.4, -0.2) is 9.55 Å². The molecule has 0 aliphatic rings. The summed E-state index contributed by atoms with van der Waals surface area (Å²) < 4.78 is 15.6. The highest BCUT2D eigenvalue weighted by Crippen LogP contribution is 2.29. The molecule has 0 N–H and O–H groups in total. The van der Waals surface area contributed by atoms with Crippen LogP contribution in [0.3, 0.4) is 0 Å². The van der Waals surface area contributed by atoms with Crippen molar-refractivity contribution < 1.29 is 4.39 Å². The minimum atomic E-state index is -0.203. The van der Waals surface area contributed by atoms with Gasteiger partial charge in [0.2, 0.25) is 0 Å². The van der Waals surface area contributed by atoms with Crippen molar-refractivity contribution in [2.45, 2.75) is 26.8 Å². The third kappa shape index (κ3) is 3.01. The lowest BCUT2D eigenvalue weighted by molar-refractivity contribution is 0.626. The molecule has 0 saturated heterocycles. The fourth-order valence-corrected chi connectivity index (χ4v) is 3.55. The second-order valence-corrected chi connectivity index (χ2v) is 6.74. The minimum absolute atomic E-state index is 0.203. The van der Waals surface area contributed by atoms with Crippen LogP contribution in [0.1, 0.15) is 28.1 Å². The molecule has 0 spiro atoms. The van der Waals surface area contributed by atoms with Gasteiger partial charge in [0.15, 0.2) is 0 Å². The molecule has 3 heteroatoms. The highest BCUT2D eigenvalue weighted by molar-refractivity contribution is 5.87. The normalized spacial score (nSPS) is 11.2. The summed E-state index contributed by atoms with van der Waals surface area (Å²) in [7, 11) is 0. The van der Waals surface area contributed by atoms with Crippen LogP contribution in [0, 0.1) is 19.7 Å². The van der Waals surface area contributed by atoms with Gasteiger partial charge in [-0.15, -0.1) is 0 Å². The molecule has 0 saturated carbocycles. The van der Waals surface area contributed by atoms with E-state index in [1.54, 1.807) is 0 Å². The van der Waals surface area contributed by atoms with Gasteiger partial charge in [-0.3, -0.25) is 4.98 Å². The predicted molar refractivity (Wildman–Crippen MR) is 104 cm³/mol. The number of rotatable bonds is 4. The number of fused-ring (bicyclic) bond motifs is 1. The van der Waals surface area contributed by atoms with Gasteiger partial charge in [-0.25, -0.2) is 4.39 Å². The molecule has 0 bridgehead atoms. The Hall–Kier alpha value is -2.94. The van der Waals surface area contributed by atoms with E-state index in [2.05, 4.69) is 48.7 Å². The van der Waals surface area contributed by atoms with Crippen molar-refractivity contribution in [2.24, 2.45) is 0 Å². The van der Waals surface area contributed by atoms with Crippen LogP contribution in [-0.2, 0) is 13.0 Å². The van der Waals surface area contributed by atoms with Gasteiger partial charge in [-0.2, -0.15) is 0 Å². The van der Waals surface area contributed by atoms with E-state index in [0.717, 1.165) is 17.7 Å². The molecule has 4 rings (SSSR count). The van der Waals surface area contributed by atoms with Crippen molar-refractivity contribution >= 4 is 10.9 Å². The molecule has 0 aliphatic heterocycles. The van der Waals surface area contributed by atoms with Crippen LogP contribution >= 0.6 is 0 Å². The number of pyridine rings is 1. The smallest absolute Gasteiger partial charge is 0.123 e. The molecule has 26 heavy (non-hydrogen) atoms. The lowest BCUT2D eigenvalue weighted by Crippen LogP contribution is -2.05. The highest BCUT2D eigenvalue weighted by Gasteiger charge is 2.15. The van der Waals surface area contributed by atoms with Gasteiger partial charge >= 0.3 is 0 Å². The molecule has 2 aromatic carbocycles. The first-order chi connectivity index (χ1) is 12.6. The Morgan fingerprint density at radius 2 is 1.62 bits per heavy atom. The highest BCUT2D eigenvalue weighted by atomic mass is 19.1. The summed E-state index contributed by atoms with van der Waals surface area (Å²) >= 11 is 0. The maximum Gasteiger partial charge on any atom is 0.123 e. The topological polar surface area (TPSA) is 17.8 Å². The molecule has 0 aliphatic carbocycles. The third-order valence-corrected chi connectivity index (χ3v) is 5.09. The third-order valence-electron chi connectivity index (χ3n) is 5.09. The Morgan fingerprint density at radius 1 is 0.885 bits per heavy atom. The van der Waals surface area contributed by atoms with E-state index in [1.165, 1.54) is 39.9 Å². The van der Waals surface area contributed by atoms with Crippen molar-refractivity contribution in [1.29, 1.82) is 0 Å². The Balaban J connectivity index is 1.83. The SMILES string of the molecule is Cc1c(C)n(Cc2ccc(F)cc2)c2c(Cc3ccccc3)nccc12. The average Bonchev–Trinajstić information content (AvgIpc) is 2.90. The number of hydrogen-bond acceptors (Lipinski definition) is 1. The summed E-state index contributed by atoms with van der Waals surface area (Å²) in [5.41, 5.74) is 7.09. The maximum atomic E-state index is 13.3. The number of aromatic nitrogens is 2. The van der Waals surface area contributed by atoms with Crippen LogP contribution in [0.2, 0.25) is 0 Å². The van der Waals surface area contributed by atoms with Gasteiger partial charge < -0.3 is 4.57 Å². The lowest BCUT2D eigenvalue weighted by atomic mass is 10.1. The largest absolute Gasteiger partial charge is 0.339 e. The van der Waals surface area contributed by atoms with Crippen LogP contribution in [0.5, 0.6) is 0 Å². The summed E-state index contributed by atoms with van der Waals surface area (Å²) in [6.07, 6.45) is 2.69. The van der Waals surface area contributed by atoms with Crippen molar-refractivity contribution in [1.82, 2.24) is 9.55 Å².